The van der Waals surface area contributed by atoms with Crippen LogP contribution in [0.15, 0.2) is 36.5 Å². The summed E-state index contributed by atoms with van der Waals surface area (Å²) in [6, 6.07) is 9.33. The van der Waals surface area contributed by atoms with Crippen LogP contribution in [0.3, 0.4) is 0 Å². The minimum Gasteiger partial charge on any atom is -0.300 e. The number of amides is 1. The number of thiophene rings is 1. The monoisotopic (exact) mass is 280 g/mol. The lowest BCUT2D eigenvalue weighted by Gasteiger charge is -2.15. The standard InChI is InChI=1S/C13H13ClN2OS/c1-16(12-4-2-3-9-15-12)13(17)8-6-10-5-7-11(14)18-10/h2-5,7,9H,6,8H2,1H3. The van der Waals surface area contributed by atoms with E-state index in [1.54, 1.807) is 18.1 Å². The fourth-order valence-corrected chi connectivity index (χ4v) is 2.65. The quantitative estimate of drug-likeness (QED) is 0.860. The molecule has 0 aliphatic heterocycles. The third-order valence-electron chi connectivity index (χ3n) is 2.58. The smallest absolute Gasteiger partial charge is 0.228 e. The van der Waals surface area contributed by atoms with Crippen LogP contribution in [0.2, 0.25) is 4.34 Å². The summed E-state index contributed by atoms with van der Waals surface area (Å²) in [4.78, 5) is 18.8. The van der Waals surface area contributed by atoms with Gasteiger partial charge in [0.1, 0.15) is 5.82 Å². The van der Waals surface area contributed by atoms with Crippen LogP contribution in [0.5, 0.6) is 0 Å². The van der Waals surface area contributed by atoms with Gasteiger partial charge in [-0.2, -0.15) is 0 Å². The summed E-state index contributed by atoms with van der Waals surface area (Å²) in [5.41, 5.74) is 0. The predicted molar refractivity (Wildman–Crippen MR) is 75.3 cm³/mol. The summed E-state index contributed by atoms with van der Waals surface area (Å²) in [6.07, 6.45) is 2.86. The van der Waals surface area contributed by atoms with E-state index >= 15 is 0 Å². The molecule has 0 saturated heterocycles. The second-order valence-electron chi connectivity index (χ2n) is 3.85. The van der Waals surface area contributed by atoms with Gasteiger partial charge >= 0.3 is 0 Å². The van der Waals surface area contributed by atoms with Crippen molar-refractivity contribution in [2.45, 2.75) is 12.8 Å². The first-order valence-corrected chi connectivity index (χ1v) is 6.78. The first-order chi connectivity index (χ1) is 8.66. The maximum Gasteiger partial charge on any atom is 0.228 e. The normalized spacial score (nSPS) is 10.3. The first-order valence-electron chi connectivity index (χ1n) is 5.58. The number of hydrogen-bond acceptors (Lipinski definition) is 3. The van der Waals surface area contributed by atoms with Crippen molar-refractivity contribution in [3.8, 4) is 0 Å². The molecule has 0 aliphatic rings. The molecule has 5 heteroatoms. The topological polar surface area (TPSA) is 33.2 Å². The predicted octanol–water partition coefficient (Wildman–Crippen LogP) is 3.39. The molecule has 0 aromatic carbocycles. The highest BCUT2D eigenvalue weighted by Crippen LogP contribution is 2.22. The third kappa shape index (κ3) is 3.31. The average molecular weight is 281 g/mol. The second kappa shape index (κ2) is 5.98. The molecule has 1 amide bonds. The molecule has 94 valence electrons. The molecule has 18 heavy (non-hydrogen) atoms. The van der Waals surface area contributed by atoms with Gasteiger partial charge in [0.05, 0.1) is 4.34 Å². The van der Waals surface area contributed by atoms with Gasteiger partial charge in [0.2, 0.25) is 5.91 Å². The van der Waals surface area contributed by atoms with Crippen LogP contribution in [0, 0.1) is 0 Å². The minimum absolute atomic E-state index is 0.0539. The van der Waals surface area contributed by atoms with Crippen molar-refractivity contribution >= 4 is 34.7 Å². The highest BCUT2D eigenvalue weighted by atomic mass is 35.5. The third-order valence-corrected chi connectivity index (χ3v) is 3.87. The zero-order chi connectivity index (χ0) is 13.0. The number of anilines is 1. The Balaban J connectivity index is 1.92. The SMILES string of the molecule is CN(C(=O)CCc1ccc(Cl)s1)c1ccccn1. The molecule has 0 atom stereocenters. The van der Waals surface area contributed by atoms with Gasteiger partial charge in [-0.1, -0.05) is 17.7 Å². The molecule has 0 saturated carbocycles. The largest absolute Gasteiger partial charge is 0.300 e. The Morgan fingerprint density at radius 1 is 1.39 bits per heavy atom. The average Bonchev–Trinajstić information content (AvgIpc) is 2.82. The van der Waals surface area contributed by atoms with Crippen molar-refractivity contribution in [2.24, 2.45) is 0 Å². The van der Waals surface area contributed by atoms with Crippen LogP contribution in [0.1, 0.15) is 11.3 Å². The highest BCUT2D eigenvalue weighted by molar-refractivity contribution is 7.16. The fraction of sp³-hybridized carbons (Fsp3) is 0.231. The van der Waals surface area contributed by atoms with Crippen LogP contribution in [0.25, 0.3) is 0 Å². The maximum absolute atomic E-state index is 12.0. The molecule has 0 unspecified atom stereocenters. The van der Waals surface area contributed by atoms with E-state index in [1.807, 2.05) is 30.3 Å². The van der Waals surface area contributed by atoms with Gasteiger partial charge in [-0.15, -0.1) is 11.3 Å². The van der Waals surface area contributed by atoms with Crippen LogP contribution in [-0.4, -0.2) is 17.9 Å². The Bertz CT molecular complexity index is 527. The van der Waals surface area contributed by atoms with E-state index in [2.05, 4.69) is 4.98 Å². The van der Waals surface area contributed by atoms with E-state index < -0.39 is 0 Å². The van der Waals surface area contributed by atoms with Gasteiger partial charge in [0, 0.05) is 24.5 Å². The van der Waals surface area contributed by atoms with Crippen LogP contribution >= 0.6 is 22.9 Å². The lowest BCUT2D eigenvalue weighted by atomic mass is 10.2. The Hall–Kier alpha value is -1.39. The van der Waals surface area contributed by atoms with E-state index in [9.17, 15) is 4.79 Å². The van der Waals surface area contributed by atoms with Gasteiger partial charge < -0.3 is 0 Å². The van der Waals surface area contributed by atoms with E-state index in [0.717, 1.165) is 9.21 Å². The number of nitrogens with zero attached hydrogens (tertiary/aromatic N) is 2. The number of hydrogen-bond donors (Lipinski definition) is 0. The molecule has 3 nitrogen and oxygen atoms in total. The molecule has 0 spiro atoms. The number of rotatable bonds is 4. The molecular weight excluding hydrogens is 268 g/mol. The summed E-state index contributed by atoms with van der Waals surface area (Å²) in [5, 5.41) is 0. The van der Waals surface area contributed by atoms with Gasteiger partial charge in [0.25, 0.3) is 0 Å². The Labute approximate surface area is 115 Å². The lowest BCUT2D eigenvalue weighted by Crippen LogP contribution is -2.27. The summed E-state index contributed by atoms with van der Waals surface area (Å²) in [6.45, 7) is 0. The second-order valence-corrected chi connectivity index (χ2v) is 5.65. The molecule has 2 aromatic heterocycles. The van der Waals surface area contributed by atoms with Gasteiger partial charge in [-0.25, -0.2) is 4.98 Å². The lowest BCUT2D eigenvalue weighted by molar-refractivity contribution is -0.118. The van der Waals surface area contributed by atoms with Crippen molar-refractivity contribution in [1.82, 2.24) is 4.98 Å². The van der Waals surface area contributed by atoms with Crippen molar-refractivity contribution in [1.29, 1.82) is 0 Å². The number of carbonyl (C=O) groups is 1. The van der Waals surface area contributed by atoms with Gasteiger partial charge in [-0.3, -0.25) is 9.69 Å². The molecule has 0 aliphatic carbocycles. The van der Waals surface area contributed by atoms with E-state index in [0.29, 0.717) is 18.7 Å². The van der Waals surface area contributed by atoms with Crippen LogP contribution < -0.4 is 4.90 Å². The van der Waals surface area contributed by atoms with E-state index in [1.165, 1.54) is 11.3 Å². The number of pyridine rings is 1. The van der Waals surface area contributed by atoms with Crippen molar-refractivity contribution in [3.63, 3.8) is 0 Å². The molecule has 2 rings (SSSR count). The summed E-state index contributed by atoms with van der Waals surface area (Å²) < 4.78 is 0.760. The molecule has 0 bridgehead atoms. The van der Waals surface area contributed by atoms with E-state index in [-0.39, 0.29) is 5.91 Å². The molecule has 2 aromatic rings. The van der Waals surface area contributed by atoms with Crippen LogP contribution in [-0.2, 0) is 11.2 Å². The summed E-state index contributed by atoms with van der Waals surface area (Å²) in [7, 11) is 1.74. The molecule has 0 fully saturated rings. The summed E-state index contributed by atoms with van der Waals surface area (Å²) >= 11 is 7.36. The van der Waals surface area contributed by atoms with Gasteiger partial charge in [0.15, 0.2) is 0 Å². The fourth-order valence-electron chi connectivity index (χ4n) is 1.56. The Morgan fingerprint density at radius 2 is 2.22 bits per heavy atom. The molecular formula is C13H13ClN2OS. The number of halogens is 1. The number of aryl methyl sites for hydroxylation is 1. The minimum atomic E-state index is 0.0539. The number of carbonyl (C=O) groups excluding carboxylic acids is 1. The Kier molecular flexibility index (Phi) is 4.33. The van der Waals surface area contributed by atoms with Crippen molar-refractivity contribution in [2.75, 3.05) is 11.9 Å². The van der Waals surface area contributed by atoms with Gasteiger partial charge in [-0.05, 0) is 30.7 Å². The molecule has 2 heterocycles. The highest BCUT2D eigenvalue weighted by Gasteiger charge is 2.12. The zero-order valence-electron chi connectivity index (χ0n) is 9.97. The first kappa shape index (κ1) is 13.1. The molecule has 0 N–H and O–H groups in total. The summed E-state index contributed by atoms with van der Waals surface area (Å²) in [5.74, 6) is 0.727. The maximum atomic E-state index is 12.0. The zero-order valence-corrected chi connectivity index (χ0v) is 11.5. The van der Waals surface area contributed by atoms with Crippen LogP contribution in [0.4, 0.5) is 5.82 Å². The molecule has 0 radical (unpaired) electrons. The van der Waals surface area contributed by atoms with Crippen molar-refractivity contribution < 1.29 is 4.79 Å². The Morgan fingerprint density at radius 3 is 2.83 bits per heavy atom. The number of aromatic nitrogens is 1. The van der Waals surface area contributed by atoms with Crippen molar-refractivity contribution in [3.05, 3.63) is 45.7 Å². The van der Waals surface area contributed by atoms with E-state index in [4.69, 9.17) is 11.6 Å².